The Balaban J connectivity index is 1.46. The summed E-state index contributed by atoms with van der Waals surface area (Å²) in [5.41, 5.74) is 1.12. The van der Waals surface area contributed by atoms with Crippen LogP contribution in [-0.4, -0.2) is 65.5 Å². The monoisotopic (exact) mass is 510 g/mol. The van der Waals surface area contributed by atoms with E-state index in [0.29, 0.717) is 19.5 Å². The van der Waals surface area contributed by atoms with E-state index in [1.165, 1.54) is 12.1 Å². The molecule has 2 heterocycles. The lowest BCUT2D eigenvalue weighted by molar-refractivity contribution is -0.137. The molecule has 1 fully saturated rings. The summed E-state index contributed by atoms with van der Waals surface area (Å²) >= 11 is 0. The molecule has 0 radical (unpaired) electrons. The van der Waals surface area contributed by atoms with E-state index in [1.54, 1.807) is 11.9 Å². The number of nitrogens with zero attached hydrogens (tertiary/aromatic N) is 3. The molecule has 37 heavy (non-hydrogen) atoms. The first-order valence-corrected chi connectivity index (χ1v) is 12.5. The molecule has 4 rings (SSSR count). The van der Waals surface area contributed by atoms with E-state index in [9.17, 15) is 18.4 Å². The number of benzene rings is 2. The second-order valence-corrected chi connectivity index (χ2v) is 9.76. The van der Waals surface area contributed by atoms with Crippen molar-refractivity contribution in [1.29, 1.82) is 0 Å². The van der Waals surface area contributed by atoms with Crippen molar-refractivity contribution < 1.29 is 22.9 Å². The third kappa shape index (κ3) is 6.40. The highest BCUT2D eigenvalue weighted by Crippen LogP contribution is 2.25. The van der Waals surface area contributed by atoms with Crippen molar-refractivity contribution in [2.75, 3.05) is 26.7 Å². The molecule has 1 saturated heterocycles. The maximum atomic E-state index is 14.1. The van der Waals surface area contributed by atoms with Crippen LogP contribution in [-0.2, 0) is 11.2 Å². The lowest BCUT2D eigenvalue weighted by Crippen LogP contribution is -2.57. The fourth-order valence-corrected chi connectivity index (χ4v) is 4.64. The standard InChI is InChI=1S/C28H32F2N4O3/c1-18(2)34-14-12-24(22(17-34)28(36)33(3)13-11-19-7-5-4-6-8-19)31-27(35)25-16-26(37-32-25)21-10-9-20(29)15-23(21)30/h4-10,15-16,18,22,24H,11-14,17H2,1-3H3,(H,31,35). The van der Waals surface area contributed by atoms with Gasteiger partial charge in [0.2, 0.25) is 5.91 Å². The number of amides is 2. The summed E-state index contributed by atoms with van der Waals surface area (Å²) in [6.45, 7) is 6.01. The van der Waals surface area contributed by atoms with Crippen molar-refractivity contribution in [1.82, 2.24) is 20.3 Å². The van der Waals surface area contributed by atoms with E-state index >= 15 is 0 Å². The highest BCUT2D eigenvalue weighted by atomic mass is 19.1. The second kappa shape index (κ2) is 11.6. The molecule has 0 spiro atoms. The van der Waals surface area contributed by atoms with Gasteiger partial charge in [-0.3, -0.25) is 14.5 Å². The van der Waals surface area contributed by atoms with Crippen LogP contribution in [0, 0.1) is 17.6 Å². The predicted octanol–water partition coefficient (Wildman–Crippen LogP) is 4.15. The van der Waals surface area contributed by atoms with E-state index in [4.69, 9.17) is 4.52 Å². The highest BCUT2D eigenvalue weighted by molar-refractivity contribution is 5.94. The molecule has 196 valence electrons. The maximum Gasteiger partial charge on any atom is 0.273 e. The van der Waals surface area contributed by atoms with Crippen LogP contribution in [0.25, 0.3) is 11.3 Å². The molecular formula is C28H32F2N4O3. The smallest absolute Gasteiger partial charge is 0.273 e. The minimum absolute atomic E-state index is 0.00582. The minimum atomic E-state index is -0.812. The first-order chi connectivity index (χ1) is 17.7. The molecule has 0 bridgehead atoms. The minimum Gasteiger partial charge on any atom is -0.355 e. The zero-order valence-corrected chi connectivity index (χ0v) is 21.3. The van der Waals surface area contributed by atoms with Crippen molar-refractivity contribution in [3.63, 3.8) is 0 Å². The number of carbonyl (C=O) groups is 2. The van der Waals surface area contributed by atoms with Gasteiger partial charge >= 0.3 is 0 Å². The van der Waals surface area contributed by atoms with Crippen molar-refractivity contribution in [2.45, 2.75) is 38.8 Å². The van der Waals surface area contributed by atoms with Crippen LogP contribution < -0.4 is 5.32 Å². The van der Waals surface area contributed by atoms with Gasteiger partial charge in [-0.1, -0.05) is 35.5 Å². The zero-order chi connectivity index (χ0) is 26.5. The summed E-state index contributed by atoms with van der Waals surface area (Å²) in [6.07, 6.45) is 1.34. The Kier molecular flexibility index (Phi) is 8.33. The quantitative estimate of drug-likeness (QED) is 0.493. The first kappa shape index (κ1) is 26.5. The average Bonchev–Trinajstić information content (AvgIpc) is 3.37. The highest BCUT2D eigenvalue weighted by Gasteiger charge is 2.37. The van der Waals surface area contributed by atoms with Crippen LogP contribution >= 0.6 is 0 Å². The molecule has 0 aliphatic carbocycles. The largest absolute Gasteiger partial charge is 0.355 e. The summed E-state index contributed by atoms with van der Waals surface area (Å²) in [4.78, 5) is 30.5. The normalized spacial score (nSPS) is 18.1. The number of rotatable bonds is 8. The van der Waals surface area contributed by atoms with Gasteiger partial charge in [-0.2, -0.15) is 0 Å². The van der Waals surface area contributed by atoms with Crippen LogP contribution in [0.3, 0.4) is 0 Å². The van der Waals surface area contributed by atoms with E-state index < -0.39 is 29.5 Å². The maximum absolute atomic E-state index is 14.1. The first-order valence-electron chi connectivity index (χ1n) is 12.5. The van der Waals surface area contributed by atoms with Crippen LogP contribution in [0.15, 0.2) is 59.1 Å². The SMILES string of the molecule is CC(C)N1CCC(NC(=O)c2cc(-c3ccc(F)cc3F)on2)C(C(=O)N(C)CCc2ccccc2)C1. The molecule has 2 unspecified atom stereocenters. The number of hydrogen-bond acceptors (Lipinski definition) is 5. The molecule has 2 atom stereocenters. The number of carbonyl (C=O) groups excluding carboxylic acids is 2. The fraction of sp³-hybridized carbons (Fsp3) is 0.393. The number of piperidine rings is 1. The van der Waals surface area contributed by atoms with Gasteiger partial charge in [0.15, 0.2) is 11.5 Å². The molecule has 3 aromatic rings. The Bertz CT molecular complexity index is 1230. The number of hydrogen-bond donors (Lipinski definition) is 1. The van der Waals surface area contributed by atoms with Crippen molar-refractivity contribution in [2.24, 2.45) is 5.92 Å². The van der Waals surface area contributed by atoms with E-state index in [-0.39, 0.29) is 29.0 Å². The predicted molar refractivity (Wildman–Crippen MR) is 136 cm³/mol. The van der Waals surface area contributed by atoms with Gasteiger partial charge in [-0.05, 0) is 44.4 Å². The van der Waals surface area contributed by atoms with E-state index in [0.717, 1.165) is 30.7 Å². The fourth-order valence-electron chi connectivity index (χ4n) is 4.64. The van der Waals surface area contributed by atoms with Gasteiger partial charge in [0.1, 0.15) is 11.6 Å². The van der Waals surface area contributed by atoms with Gasteiger partial charge in [0, 0.05) is 50.9 Å². The molecule has 2 aromatic carbocycles. The van der Waals surface area contributed by atoms with Crippen molar-refractivity contribution in [3.05, 3.63) is 77.5 Å². The summed E-state index contributed by atoms with van der Waals surface area (Å²) in [5.74, 6) is -2.47. The Morgan fingerprint density at radius 2 is 1.92 bits per heavy atom. The number of nitrogens with one attached hydrogen (secondary N) is 1. The Morgan fingerprint density at radius 1 is 1.16 bits per heavy atom. The summed E-state index contributed by atoms with van der Waals surface area (Å²) in [5, 5.41) is 6.73. The van der Waals surface area contributed by atoms with Crippen molar-refractivity contribution in [3.8, 4) is 11.3 Å². The van der Waals surface area contributed by atoms with Gasteiger partial charge in [0.05, 0.1) is 11.5 Å². The van der Waals surface area contributed by atoms with Crippen LogP contribution in [0.2, 0.25) is 0 Å². The number of likely N-dealkylation sites (tertiary alicyclic amines) is 1. The zero-order valence-electron chi connectivity index (χ0n) is 21.3. The molecule has 1 aliphatic heterocycles. The van der Waals surface area contributed by atoms with Gasteiger partial charge in [-0.15, -0.1) is 0 Å². The Hall–Kier alpha value is -3.59. The van der Waals surface area contributed by atoms with E-state index in [1.807, 2.05) is 30.3 Å². The summed E-state index contributed by atoms with van der Waals surface area (Å²) in [6, 6.07) is 14.3. The molecule has 7 nitrogen and oxygen atoms in total. The van der Waals surface area contributed by atoms with Crippen LogP contribution in [0.4, 0.5) is 8.78 Å². The average molecular weight is 511 g/mol. The summed E-state index contributed by atoms with van der Waals surface area (Å²) < 4.78 is 32.5. The molecule has 2 amide bonds. The number of likely N-dealkylation sites (N-methyl/N-ethyl adjacent to an activating group) is 1. The molecule has 1 aliphatic rings. The third-order valence-corrected chi connectivity index (χ3v) is 6.90. The Labute approximate surface area is 215 Å². The molecule has 1 N–H and O–H groups in total. The third-order valence-electron chi connectivity index (χ3n) is 6.90. The van der Waals surface area contributed by atoms with Gasteiger partial charge in [0.25, 0.3) is 5.91 Å². The van der Waals surface area contributed by atoms with Gasteiger partial charge in [-0.25, -0.2) is 8.78 Å². The van der Waals surface area contributed by atoms with E-state index in [2.05, 4.69) is 29.2 Å². The Morgan fingerprint density at radius 3 is 2.62 bits per heavy atom. The molecule has 0 saturated carbocycles. The van der Waals surface area contributed by atoms with Crippen molar-refractivity contribution >= 4 is 11.8 Å². The second-order valence-electron chi connectivity index (χ2n) is 9.76. The topological polar surface area (TPSA) is 78.7 Å². The van der Waals surface area contributed by atoms with Crippen LogP contribution in [0.1, 0.15) is 36.3 Å². The number of halogens is 2. The number of aromatic nitrogens is 1. The lowest BCUT2D eigenvalue weighted by atomic mass is 9.89. The van der Waals surface area contributed by atoms with Crippen LogP contribution in [0.5, 0.6) is 0 Å². The lowest BCUT2D eigenvalue weighted by Gasteiger charge is -2.41. The molecular weight excluding hydrogens is 478 g/mol. The molecule has 1 aromatic heterocycles. The summed E-state index contributed by atoms with van der Waals surface area (Å²) in [7, 11) is 1.79. The van der Waals surface area contributed by atoms with Gasteiger partial charge < -0.3 is 14.7 Å². The molecule has 9 heteroatoms.